The maximum Gasteiger partial charge on any atom is 0.126 e. The van der Waals surface area contributed by atoms with Crippen LogP contribution in [0.5, 0.6) is 11.5 Å². The van der Waals surface area contributed by atoms with Crippen molar-refractivity contribution in [3.63, 3.8) is 0 Å². The fourth-order valence-electron chi connectivity index (χ4n) is 3.04. The summed E-state index contributed by atoms with van der Waals surface area (Å²) in [5.41, 5.74) is 2.53. The molecular weight excluding hydrogens is 314 g/mol. The summed E-state index contributed by atoms with van der Waals surface area (Å²) in [4.78, 5) is 0. The lowest BCUT2D eigenvalue weighted by Crippen LogP contribution is -2.34. The van der Waals surface area contributed by atoms with Gasteiger partial charge in [0.2, 0.25) is 0 Å². The van der Waals surface area contributed by atoms with E-state index in [0.29, 0.717) is 6.61 Å². The maximum absolute atomic E-state index is 8.82. The van der Waals surface area contributed by atoms with Gasteiger partial charge in [-0.2, -0.15) is 0 Å². The van der Waals surface area contributed by atoms with Crippen LogP contribution in [-0.2, 0) is 12.8 Å². The second-order valence-electron chi connectivity index (χ2n) is 6.41. The Labute approximate surface area is 149 Å². The van der Waals surface area contributed by atoms with Crippen LogP contribution in [0.25, 0.3) is 0 Å². The van der Waals surface area contributed by atoms with Crippen LogP contribution < -0.4 is 14.8 Å². The van der Waals surface area contributed by atoms with Crippen molar-refractivity contribution in [3.05, 3.63) is 59.7 Å². The summed E-state index contributed by atoms with van der Waals surface area (Å²) in [6.45, 7) is 2.53. The molecule has 0 bridgehead atoms. The van der Waals surface area contributed by atoms with E-state index in [2.05, 4.69) is 35.6 Å². The summed E-state index contributed by atoms with van der Waals surface area (Å²) in [6.07, 6.45) is 3.92. The number of aliphatic hydroxyl groups excluding tert-OH is 1. The van der Waals surface area contributed by atoms with Crippen molar-refractivity contribution >= 4 is 0 Å². The van der Waals surface area contributed by atoms with Crippen LogP contribution in [0.4, 0.5) is 0 Å². The minimum absolute atomic E-state index is 0.186. The Morgan fingerprint density at radius 3 is 2.88 bits per heavy atom. The molecule has 0 spiro atoms. The van der Waals surface area contributed by atoms with Crippen molar-refractivity contribution in [3.8, 4) is 11.5 Å². The van der Waals surface area contributed by atoms with Gasteiger partial charge in [0.25, 0.3) is 0 Å². The number of nitrogens with one attached hydrogen (secondary N) is 1. The molecule has 2 N–H and O–H groups in total. The van der Waals surface area contributed by atoms with Gasteiger partial charge >= 0.3 is 0 Å². The molecule has 2 aromatic rings. The van der Waals surface area contributed by atoms with Crippen LogP contribution in [0.15, 0.2) is 48.5 Å². The van der Waals surface area contributed by atoms with Crippen LogP contribution >= 0.6 is 0 Å². The summed E-state index contributed by atoms with van der Waals surface area (Å²) < 4.78 is 12.0. The highest BCUT2D eigenvalue weighted by Crippen LogP contribution is 2.31. The Hall–Kier alpha value is -2.04. The number of hydrogen-bond donors (Lipinski definition) is 2. The Kier molecular flexibility index (Phi) is 6.71. The van der Waals surface area contributed by atoms with Crippen molar-refractivity contribution in [2.75, 3.05) is 26.3 Å². The second kappa shape index (κ2) is 9.44. The van der Waals surface area contributed by atoms with Crippen LogP contribution in [0, 0.1) is 0 Å². The lowest BCUT2D eigenvalue weighted by molar-refractivity contribution is 0.168. The van der Waals surface area contributed by atoms with E-state index in [1.807, 2.05) is 18.2 Å². The van der Waals surface area contributed by atoms with Crippen molar-refractivity contribution in [1.82, 2.24) is 5.32 Å². The quantitative estimate of drug-likeness (QED) is 0.689. The number of benzene rings is 2. The SMILES string of the molecule is OCCCNCC1CCc2ccc(OCCc3ccccc3)cc2O1. The fraction of sp³-hybridized carbons (Fsp3) is 0.429. The van der Waals surface area contributed by atoms with Crippen LogP contribution in [0.1, 0.15) is 24.0 Å². The number of fused-ring (bicyclic) bond motifs is 1. The van der Waals surface area contributed by atoms with Crippen molar-refractivity contribution in [2.45, 2.75) is 31.8 Å². The molecule has 4 nitrogen and oxygen atoms in total. The van der Waals surface area contributed by atoms with Gasteiger partial charge in [0.15, 0.2) is 0 Å². The number of hydrogen-bond acceptors (Lipinski definition) is 4. The largest absolute Gasteiger partial charge is 0.493 e. The zero-order valence-electron chi connectivity index (χ0n) is 14.6. The van der Waals surface area contributed by atoms with Gasteiger partial charge in [-0.1, -0.05) is 36.4 Å². The minimum Gasteiger partial charge on any atom is -0.493 e. The van der Waals surface area contributed by atoms with Crippen LogP contribution in [0.3, 0.4) is 0 Å². The molecule has 0 fully saturated rings. The first kappa shape index (κ1) is 17.8. The third-order valence-electron chi connectivity index (χ3n) is 4.45. The lowest BCUT2D eigenvalue weighted by atomic mass is 10.0. The molecule has 0 aromatic heterocycles. The highest BCUT2D eigenvalue weighted by atomic mass is 16.5. The Morgan fingerprint density at radius 1 is 1.16 bits per heavy atom. The van der Waals surface area contributed by atoms with E-state index in [9.17, 15) is 0 Å². The zero-order chi connectivity index (χ0) is 17.3. The zero-order valence-corrected chi connectivity index (χ0v) is 14.6. The summed E-state index contributed by atoms with van der Waals surface area (Å²) >= 11 is 0. The summed E-state index contributed by atoms with van der Waals surface area (Å²) in [5.74, 6) is 1.81. The molecule has 134 valence electrons. The van der Waals surface area contributed by atoms with Crippen LogP contribution in [0.2, 0.25) is 0 Å². The van der Waals surface area contributed by atoms with Gasteiger partial charge in [-0.15, -0.1) is 0 Å². The third-order valence-corrected chi connectivity index (χ3v) is 4.45. The number of aliphatic hydroxyl groups is 1. The first-order chi connectivity index (χ1) is 12.3. The summed E-state index contributed by atoms with van der Waals surface area (Å²) in [5, 5.41) is 12.2. The minimum atomic E-state index is 0.186. The molecular formula is C21H27NO3. The van der Waals surface area contributed by atoms with E-state index in [0.717, 1.165) is 50.3 Å². The fourth-order valence-corrected chi connectivity index (χ4v) is 3.04. The molecule has 3 rings (SSSR count). The van der Waals surface area contributed by atoms with E-state index < -0.39 is 0 Å². The van der Waals surface area contributed by atoms with Gasteiger partial charge in [0.1, 0.15) is 17.6 Å². The van der Waals surface area contributed by atoms with Gasteiger partial charge < -0.3 is 19.9 Å². The number of ether oxygens (including phenoxy) is 2. The highest BCUT2D eigenvalue weighted by molar-refractivity contribution is 5.42. The van der Waals surface area contributed by atoms with Gasteiger partial charge in [-0.25, -0.2) is 0 Å². The standard InChI is InChI=1S/C21H27NO3/c23-13-4-12-22-16-20-10-8-18-7-9-19(15-21(18)25-20)24-14-11-17-5-2-1-3-6-17/h1-3,5-7,9,15,20,22-23H,4,8,10-14,16H2. The Balaban J connectivity index is 1.49. The van der Waals surface area contributed by atoms with Gasteiger partial charge in [-0.3, -0.25) is 0 Å². The van der Waals surface area contributed by atoms with E-state index in [1.165, 1.54) is 11.1 Å². The molecule has 1 unspecified atom stereocenters. The number of rotatable bonds is 9. The molecule has 1 aliphatic rings. The molecule has 1 atom stereocenters. The van der Waals surface area contributed by atoms with E-state index in [1.54, 1.807) is 0 Å². The maximum atomic E-state index is 8.82. The normalized spacial score (nSPS) is 16.1. The predicted octanol–water partition coefficient (Wildman–Crippen LogP) is 2.97. The van der Waals surface area contributed by atoms with Crippen molar-refractivity contribution < 1.29 is 14.6 Å². The Morgan fingerprint density at radius 2 is 2.04 bits per heavy atom. The average molecular weight is 341 g/mol. The lowest BCUT2D eigenvalue weighted by Gasteiger charge is -2.26. The predicted molar refractivity (Wildman–Crippen MR) is 99.4 cm³/mol. The molecule has 25 heavy (non-hydrogen) atoms. The molecule has 0 amide bonds. The molecule has 0 saturated carbocycles. The van der Waals surface area contributed by atoms with Crippen molar-refractivity contribution in [1.29, 1.82) is 0 Å². The second-order valence-corrected chi connectivity index (χ2v) is 6.41. The number of aryl methyl sites for hydroxylation is 1. The van der Waals surface area contributed by atoms with E-state index in [4.69, 9.17) is 14.6 Å². The van der Waals surface area contributed by atoms with Gasteiger partial charge in [0.05, 0.1) is 6.61 Å². The van der Waals surface area contributed by atoms with Gasteiger partial charge in [-0.05, 0) is 43.0 Å². The molecule has 1 heterocycles. The van der Waals surface area contributed by atoms with E-state index >= 15 is 0 Å². The molecule has 2 aromatic carbocycles. The molecule has 0 aliphatic carbocycles. The van der Waals surface area contributed by atoms with Crippen molar-refractivity contribution in [2.24, 2.45) is 0 Å². The smallest absolute Gasteiger partial charge is 0.126 e. The first-order valence-electron chi connectivity index (χ1n) is 9.13. The average Bonchev–Trinajstić information content (AvgIpc) is 2.66. The monoisotopic (exact) mass is 341 g/mol. The third kappa shape index (κ3) is 5.48. The first-order valence-corrected chi connectivity index (χ1v) is 9.13. The molecule has 0 radical (unpaired) electrons. The Bertz CT molecular complexity index is 645. The highest BCUT2D eigenvalue weighted by Gasteiger charge is 2.19. The summed E-state index contributed by atoms with van der Waals surface area (Å²) in [6, 6.07) is 16.5. The topological polar surface area (TPSA) is 50.7 Å². The van der Waals surface area contributed by atoms with E-state index in [-0.39, 0.29) is 12.7 Å². The molecule has 1 aliphatic heterocycles. The van der Waals surface area contributed by atoms with Crippen LogP contribution in [-0.4, -0.2) is 37.5 Å². The molecule has 0 saturated heterocycles. The molecule has 4 heteroatoms. The van der Waals surface area contributed by atoms with Gasteiger partial charge in [0, 0.05) is 25.6 Å². The summed E-state index contributed by atoms with van der Waals surface area (Å²) in [7, 11) is 0.